The number of carbonyl (C=O) groups is 1. The first-order valence-corrected chi connectivity index (χ1v) is 10.6. The summed E-state index contributed by atoms with van der Waals surface area (Å²) in [6.07, 6.45) is 0. The van der Waals surface area contributed by atoms with Gasteiger partial charge in [-0.05, 0) is 43.7 Å². The Morgan fingerprint density at radius 1 is 1.09 bits per heavy atom. The van der Waals surface area contributed by atoms with Gasteiger partial charge in [0.25, 0.3) is 5.56 Å². The number of aromatic nitrogens is 2. The van der Waals surface area contributed by atoms with Crippen molar-refractivity contribution in [1.82, 2.24) is 20.2 Å². The number of nitrogens with one attached hydrogen (secondary N) is 2. The highest BCUT2D eigenvalue weighted by molar-refractivity contribution is 5.78. The molecule has 1 aromatic heterocycles. The van der Waals surface area contributed by atoms with Crippen molar-refractivity contribution < 1.29 is 19.0 Å². The molecule has 33 heavy (non-hydrogen) atoms. The lowest BCUT2D eigenvalue weighted by Gasteiger charge is -2.25. The van der Waals surface area contributed by atoms with Gasteiger partial charge in [0.2, 0.25) is 11.7 Å². The predicted octanol–water partition coefficient (Wildman–Crippen LogP) is 2.48. The monoisotopic (exact) mass is 454 g/mol. The predicted molar refractivity (Wildman–Crippen MR) is 126 cm³/mol. The lowest BCUT2D eigenvalue weighted by Crippen LogP contribution is -2.40. The van der Waals surface area contributed by atoms with E-state index in [1.54, 1.807) is 51.7 Å². The van der Waals surface area contributed by atoms with Crippen molar-refractivity contribution >= 4 is 16.8 Å². The number of amides is 1. The Bertz CT molecular complexity index is 1150. The number of hydrogen-bond donors (Lipinski definition) is 2. The summed E-state index contributed by atoms with van der Waals surface area (Å²) in [5.74, 6) is 1.91. The number of ether oxygens (including phenoxy) is 3. The summed E-state index contributed by atoms with van der Waals surface area (Å²) >= 11 is 0. The molecule has 0 bridgehead atoms. The first kappa shape index (κ1) is 24.1. The number of fused-ring (bicyclic) bond motifs is 1. The Labute approximate surface area is 192 Å². The van der Waals surface area contributed by atoms with E-state index in [0.29, 0.717) is 47.1 Å². The highest BCUT2D eigenvalue weighted by atomic mass is 16.5. The van der Waals surface area contributed by atoms with E-state index in [0.717, 1.165) is 5.56 Å². The van der Waals surface area contributed by atoms with Crippen molar-refractivity contribution in [2.24, 2.45) is 0 Å². The van der Waals surface area contributed by atoms with Gasteiger partial charge in [0, 0.05) is 12.6 Å². The van der Waals surface area contributed by atoms with Crippen LogP contribution in [0.4, 0.5) is 0 Å². The molecular formula is C24H30N4O5. The van der Waals surface area contributed by atoms with Crippen LogP contribution in [0.3, 0.4) is 0 Å². The van der Waals surface area contributed by atoms with Crippen molar-refractivity contribution in [3.8, 4) is 17.2 Å². The minimum atomic E-state index is -0.189. The second kappa shape index (κ2) is 10.8. The molecule has 0 atom stereocenters. The van der Waals surface area contributed by atoms with Gasteiger partial charge in [0.05, 0.1) is 45.3 Å². The van der Waals surface area contributed by atoms with Crippen molar-refractivity contribution in [3.05, 3.63) is 58.1 Å². The van der Waals surface area contributed by atoms with Gasteiger partial charge in [0.1, 0.15) is 5.82 Å². The maximum Gasteiger partial charge on any atom is 0.258 e. The summed E-state index contributed by atoms with van der Waals surface area (Å²) in [5.41, 5.74) is 1.26. The molecule has 0 aliphatic carbocycles. The van der Waals surface area contributed by atoms with E-state index in [1.165, 1.54) is 0 Å². The second-order valence-electron chi connectivity index (χ2n) is 7.84. The number of methoxy groups -OCH3 is 3. The van der Waals surface area contributed by atoms with Crippen LogP contribution in [-0.4, -0.2) is 54.7 Å². The molecule has 0 aliphatic rings. The van der Waals surface area contributed by atoms with Crippen molar-refractivity contribution in [2.75, 3.05) is 27.9 Å². The lowest BCUT2D eigenvalue weighted by molar-refractivity contribution is -0.123. The molecule has 0 saturated carbocycles. The Morgan fingerprint density at radius 2 is 1.76 bits per heavy atom. The number of nitrogens with zero attached hydrogens (tertiary/aromatic N) is 2. The smallest absolute Gasteiger partial charge is 0.258 e. The number of para-hydroxylation sites is 1. The SMILES string of the molecule is COc1cc(CNC(=O)CN(Cc2nc3ccccc3c(=O)[nH]2)C(C)C)cc(OC)c1OC. The number of H-pyrrole nitrogens is 1. The zero-order chi connectivity index (χ0) is 24.0. The number of carbonyl (C=O) groups excluding carboxylic acids is 1. The average molecular weight is 455 g/mol. The normalized spacial score (nSPS) is 11.1. The van der Waals surface area contributed by atoms with Gasteiger partial charge in [-0.3, -0.25) is 14.5 Å². The molecule has 9 heteroatoms. The van der Waals surface area contributed by atoms with E-state index in [9.17, 15) is 9.59 Å². The Balaban J connectivity index is 1.68. The van der Waals surface area contributed by atoms with Crippen molar-refractivity contribution in [2.45, 2.75) is 33.0 Å². The summed E-state index contributed by atoms with van der Waals surface area (Å²) in [5, 5.41) is 3.47. The van der Waals surface area contributed by atoms with Crippen LogP contribution in [0.2, 0.25) is 0 Å². The third-order valence-corrected chi connectivity index (χ3v) is 5.31. The molecule has 0 saturated heterocycles. The van der Waals surface area contributed by atoms with E-state index in [4.69, 9.17) is 14.2 Å². The molecule has 9 nitrogen and oxygen atoms in total. The summed E-state index contributed by atoms with van der Waals surface area (Å²) in [7, 11) is 4.64. The number of aromatic amines is 1. The van der Waals surface area contributed by atoms with E-state index in [-0.39, 0.29) is 24.1 Å². The van der Waals surface area contributed by atoms with Gasteiger partial charge in [-0.15, -0.1) is 0 Å². The zero-order valence-corrected chi connectivity index (χ0v) is 19.6. The fourth-order valence-corrected chi connectivity index (χ4v) is 3.50. The molecule has 3 aromatic rings. The standard InChI is InChI=1S/C24H30N4O5/c1-15(2)28(13-21-26-18-9-7-6-8-17(18)24(30)27-21)14-22(29)25-12-16-10-19(31-3)23(33-5)20(11-16)32-4/h6-11,15H,12-14H2,1-5H3,(H,25,29)(H,26,27,30). The van der Waals surface area contributed by atoms with Crippen molar-refractivity contribution in [3.63, 3.8) is 0 Å². The van der Waals surface area contributed by atoms with Crippen LogP contribution in [-0.2, 0) is 17.9 Å². The highest BCUT2D eigenvalue weighted by Crippen LogP contribution is 2.38. The molecule has 2 aromatic carbocycles. The average Bonchev–Trinajstić information content (AvgIpc) is 2.81. The van der Waals surface area contributed by atoms with Gasteiger partial charge in [-0.25, -0.2) is 4.98 Å². The second-order valence-corrected chi connectivity index (χ2v) is 7.84. The first-order valence-electron chi connectivity index (χ1n) is 10.6. The zero-order valence-electron chi connectivity index (χ0n) is 19.6. The molecule has 0 unspecified atom stereocenters. The maximum absolute atomic E-state index is 12.7. The van der Waals surface area contributed by atoms with Gasteiger partial charge >= 0.3 is 0 Å². The minimum absolute atomic E-state index is 0.0636. The minimum Gasteiger partial charge on any atom is -0.493 e. The lowest BCUT2D eigenvalue weighted by atomic mass is 10.1. The summed E-state index contributed by atoms with van der Waals surface area (Å²) in [4.78, 5) is 34.4. The molecule has 176 valence electrons. The molecule has 1 heterocycles. The third kappa shape index (κ3) is 5.81. The van der Waals surface area contributed by atoms with Crippen molar-refractivity contribution in [1.29, 1.82) is 0 Å². The maximum atomic E-state index is 12.7. The molecule has 0 fully saturated rings. The summed E-state index contributed by atoms with van der Waals surface area (Å²) < 4.78 is 16.1. The van der Waals surface area contributed by atoms with Gasteiger partial charge in [-0.1, -0.05) is 12.1 Å². The molecule has 3 rings (SSSR count). The fraction of sp³-hybridized carbons (Fsp3) is 0.375. The van der Waals surface area contributed by atoms with Gasteiger partial charge in [0.15, 0.2) is 11.5 Å². The van der Waals surface area contributed by atoms with Crippen LogP contribution in [0, 0.1) is 0 Å². The van der Waals surface area contributed by atoms with Crippen LogP contribution in [0.1, 0.15) is 25.2 Å². The highest BCUT2D eigenvalue weighted by Gasteiger charge is 2.18. The molecule has 1 amide bonds. The van der Waals surface area contributed by atoms with E-state index < -0.39 is 0 Å². The molecular weight excluding hydrogens is 424 g/mol. The Kier molecular flexibility index (Phi) is 7.89. The Morgan fingerprint density at radius 3 is 2.36 bits per heavy atom. The molecule has 0 spiro atoms. The third-order valence-electron chi connectivity index (χ3n) is 5.31. The van der Waals surface area contributed by atoms with Crippen LogP contribution >= 0.6 is 0 Å². The quantitative estimate of drug-likeness (QED) is 0.485. The first-order chi connectivity index (χ1) is 15.9. The fourth-order valence-electron chi connectivity index (χ4n) is 3.50. The Hall–Kier alpha value is -3.59. The van der Waals surface area contributed by atoms with E-state index in [2.05, 4.69) is 15.3 Å². The molecule has 0 radical (unpaired) electrons. The number of rotatable bonds is 10. The van der Waals surface area contributed by atoms with Crippen LogP contribution < -0.4 is 25.1 Å². The molecule has 2 N–H and O–H groups in total. The topological polar surface area (TPSA) is 106 Å². The van der Waals surface area contributed by atoms with E-state index >= 15 is 0 Å². The number of benzene rings is 2. The summed E-state index contributed by atoms with van der Waals surface area (Å²) in [6, 6.07) is 10.8. The summed E-state index contributed by atoms with van der Waals surface area (Å²) in [6.45, 7) is 4.78. The van der Waals surface area contributed by atoms with Crippen LogP contribution in [0.25, 0.3) is 10.9 Å². The van der Waals surface area contributed by atoms with Crippen LogP contribution in [0.5, 0.6) is 17.2 Å². The van der Waals surface area contributed by atoms with E-state index in [1.807, 2.05) is 24.8 Å². The molecule has 0 aliphatic heterocycles. The largest absolute Gasteiger partial charge is 0.493 e. The van der Waals surface area contributed by atoms with Crippen LogP contribution in [0.15, 0.2) is 41.2 Å². The number of hydrogen-bond acceptors (Lipinski definition) is 7. The van der Waals surface area contributed by atoms with Gasteiger partial charge < -0.3 is 24.5 Å². The van der Waals surface area contributed by atoms with Gasteiger partial charge in [-0.2, -0.15) is 0 Å².